The van der Waals surface area contributed by atoms with E-state index < -0.39 is 23.7 Å². The summed E-state index contributed by atoms with van der Waals surface area (Å²) in [6.07, 6.45) is 8.91. The monoisotopic (exact) mass is 1000 g/mol. The van der Waals surface area contributed by atoms with Crippen LogP contribution in [-0.2, 0) is 34.9 Å². The smallest absolute Gasteiger partial charge is 0.380 e. The van der Waals surface area contributed by atoms with Gasteiger partial charge in [-0.25, -0.2) is 9.97 Å². The molecule has 392 valence electrons. The fourth-order valence-electron chi connectivity index (χ4n) is 11.9. The number of anilines is 1. The molecule has 72 heavy (non-hydrogen) atoms. The molecule has 2 aromatic heterocycles. The maximum atomic E-state index is 14.0. The molecule has 3 saturated heterocycles. The second-order valence-electron chi connectivity index (χ2n) is 21.0. The van der Waals surface area contributed by atoms with Gasteiger partial charge in [0.25, 0.3) is 0 Å². The van der Waals surface area contributed by atoms with E-state index in [1.54, 1.807) is 30.4 Å². The van der Waals surface area contributed by atoms with Crippen LogP contribution in [0.4, 0.5) is 19.0 Å². The Bertz CT molecular complexity index is 2380. The van der Waals surface area contributed by atoms with E-state index in [1.165, 1.54) is 12.4 Å². The van der Waals surface area contributed by atoms with Gasteiger partial charge >= 0.3 is 6.18 Å². The van der Waals surface area contributed by atoms with Gasteiger partial charge in [0.2, 0.25) is 29.5 Å². The number of likely N-dealkylation sites (tertiary alicyclic amines) is 3. The van der Waals surface area contributed by atoms with Gasteiger partial charge in [-0.15, -0.1) is 0 Å². The van der Waals surface area contributed by atoms with Crippen LogP contribution < -0.4 is 21.3 Å². The third-order valence-corrected chi connectivity index (χ3v) is 16.5. The van der Waals surface area contributed by atoms with Crippen molar-refractivity contribution in [3.8, 4) is 0 Å². The minimum atomic E-state index is -4.54. The molecule has 3 aromatic rings. The molecule has 5 aliphatic rings. The molecule has 0 unspecified atom stereocenters. The van der Waals surface area contributed by atoms with Crippen LogP contribution in [0.3, 0.4) is 0 Å². The summed E-state index contributed by atoms with van der Waals surface area (Å²) in [5.74, 6) is -0.950. The summed E-state index contributed by atoms with van der Waals surface area (Å²) >= 11 is 0. The number of pyridine rings is 1. The summed E-state index contributed by atoms with van der Waals surface area (Å²) in [6, 6.07) is 5.90. The average Bonchev–Trinajstić information content (AvgIpc) is 3.88. The van der Waals surface area contributed by atoms with E-state index in [9.17, 15) is 37.1 Å². The van der Waals surface area contributed by atoms with E-state index in [-0.39, 0.29) is 95.7 Å². The molecule has 5 fully saturated rings. The van der Waals surface area contributed by atoms with Crippen molar-refractivity contribution < 1.29 is 41.9 Å². The molecule has 3 aliphatic heterocycles. The maximum Gasteiger partial charge on any atom is 0.416 e. The number of fused-ring (bicyclic) bond motifs is 1. The summed E-state index contributed by atoms with van der Waals surface area (Å²) in [5, 5.41) is 12.5. The molecular formula is C52H72F3N11O6. The zero-order chi connectivity index (χ0) is 51.2. The van der Waals surface area contributed by atoms with E-state index in [4.69, 9.17) is 4.74 Å². The Hall–Kier alpha value is -5.47. The number of nitrogens with one attached hydrogen (secondary N) is 4. The van der Waals surface area contributed by atoms with Gasteiger partial charge in [0.1, 0.15) is 18.2 Å². The molecule has 1 spiro atoms. The first-order valence-electron chi connectivity index (χ1n) is 25.9. The molecule has 17 nitrogen and oxygen atoms in total. The van der Waals surface area contributed by atoms with Gasteiger partial charge in [0.15, 0.2) is 0 Å². The lowest BCUT2D eigenvalue weighted by Crippen LogP contribution is -2.58. The van der Waals surface area contributed by atoms with Crippen molar-refractivity contribution in [1.29, 1.82) is 0 Å². The lowest BCUT2D eigenvalue weighted by Gasteiger charge is -2.45. The highest BCUT2D eigenvalue weighted by Crippen LogP contribution is 2.46. The van der Waals surface area contributed by atoms with Crippen molar-refractivity contribution in [2.24, 2.45) is 17.3 Å². The number of benzene rings is 1. The number of aromatic nitrogens is 3. The summed E-state index contributed by atoms with van der Waals surface area (Å²) in [4.78, 5) is 87.0. The van der Waals surface area contributed by atoms with Crippen molar-refractivity contribution in [3.63, 3.8) is 0 Å². The van der Waals surface area contributed by atoms with Crippen LogP contribution >= 0.6 is 0 Å². The van der Waals surface area contributed by atoms with Crippen LogP contribution in [-0.4, -0.2) is 161 Å². The lowest BCUT2D eigenvalue weighted by atomic mass is 9.65. The molecule has 4 N–H and O–H groups in total. The van der Waals surface area contributed by atoms with Crippen LogP contribution in [0.15, 0.2) is 49.1 Å². The number of amides is 5. The normalized spacial score (nSPS) is 25.2. The van der Waals surface area contributed by atoms with E-state index >= 15 is 0 Å². The van der Waals surface area contributed by atoms with E-state index in [2.05, 4.69) is 66.9 Å². The summed E-state index contributed by atoms with van der Waals surface area (Å²) < 4.78 is 46.8. The second kappa shape index (κ2) is 23.2. The molecule has 2 saturated carbocycles. The van der Waals surface area contributed by atoms with Crippen molar-refractivity contribution in [2.45, 2.75) is 133 Å². The van der Waals surface area contributed by atoms with Crippen molar-refractivity contribution in [1.82, 2.24) is 50.5 Å². The third-order valence-electron chi connectivity index (χ3n) is 16.5. The quantitative estimate of drug-likeness (QED) is 0.126. The van der Waals surface area contributed by atoms with Gasteiger partial charge in [-0.3, -0.25) is 29.0 Å². The number of ether oxygens (including phenoxy) is 1. The minimum absolute atomic E-state index is 0.0306. The predicted molar refractivity (Wildman–Crippen MR) is 264 cm³/mol. The largest absolute Gasteiger partial charge is 0.416 e. The molecular weight excluding hydrogens is 932 g/mol. The molecule has 6 atom stereocenters. The Morgan fingerprint density at radius 3 is 2.39 bits per heavy atom. The predicted octanol–water partition coefficient (Wildman–Crippen LogP) is 4.93. The van der Waals surface area contributed by atoms with Gasteiger partial charge in [-0.2, -0.15) is 13.2 Å². The first-order valence-corrected chi connectivity index (χ1v) is 25.9. The fourth-order valence-corrected chi connectivity index (χ4v) is 11.9. The highest BCUT2D eigenvalue weighted by molar-refractivity contribution is 5.93. The van der Waals surface area contributed by atoms with Crippen molar-refractivity contribution >= 4 is 46.3 Å². The number of carbonyl (C=O) groups is 5. The molecule has 8 rings (SSSR count). The second-order valence-corrected chi connectivity index (χ2v) is 21.0. The number of rotatable bonds is 18. The summed E-state index contributed by atoms with van der Waals surface area (Å²) in [5.41, 5.74) is 0.581. The number of alkyl halides is 3. The Kier molecular flexibility index (Phi) is 17.0. The highest BCUT2D eigenvalue weighted by atomic mass is 19.4. The number of carbonyl (C=O) groups excluding carboxylic acids is 5. The van der Waals surface area contributed by atoms with Gasteiger partial charge in [0, 0.05) is 81.8 Å². The van der Waals surface area contributed by atoms with Crippen LogP contribution in [0.5, 0.6) is 0 Å². The molecule has 20 heteroatoms. The lowest BCUT2D eigenvalue weighted by molar-refractivity contribution is -0.137. The number of halogens is 3. The number of hydrogen-bond acceptors (Lipinski definition) is 12. The van der Waals surface area contributed by atoms with Crippen LogP contribution in [0.25, 0.3) is 10.9 Å². The highest BCUT2D eigenvalue weighted by Gasteiger charge is 2.45. The molecule has 5 heterocycles. The van der Waals surface area contributed by atoms with E-state index in [1.807, 2.05) is 11.0 Å². The zero-order valence-electron chi connectivity index (χ0n) is 42.1. The number of nitrogens with zero attached hydrogens (tertiary/aromatic N) is 7. The van der Waals surface area contributed by atoms with Crippen LogP contribution in [0, 0.1) is 17.3 Å². The van der Waals surface area contributed by atoms with Crippen LogP contribution in [0.2, 0.25) is 0 Å². The molecule has 5 amide bonds. The first-order chi connectivity index (χ1) is 34.5. The first kappa shape index (κ1) is 52.8. The fraction of sp³-hybridized carbons (Fsp3) is 0.654. The minimum Gasteiger partial charge on any atom is -0.380 e. The van der Waals surface area contributed by atoms with Crippen molar-refractivity contribution in [3.05, 3.63) is 60.2 Å². The third kappa shape index (κ3) is 12.5. The van der Waals surface area contributed by atoms with Crippen LogP contribution in [0.1, 0.15) is 108 Å². The van der Waals surface area contributed by atoms with Gasteiger partial charge < -0.3 is 45.6 Å². The Morgan fingerprint density at radius 1 is 0.931 bits per heavy atom. The molecule has 0 bridgehead atoms. The SMILES string of the molecule is CC(C)N(C)[C@@H]1CC[C@H](N2CC[C@H](Nc3ncnc4ccc(C(F)(F)F)cc34)C2=O)[C@H](NC(=O)CCOCCN2CCC3(CCC(C(=O)NCCNC(=O)[C@H]4CC(=O)N(C)[C@@H]4c4cccnc4)CC3)CC2)C1. The standard InChI is InChI=1S/C52H72F3N11O6/c1-33(2)63(3)37-8-10-43(66-22-13-41(50(66)71)62-47-38-28-36(52(53,54)55)7-9-40(38)59-32-60-47)42(29-37)61-44(67)14-26-72-27-25-65-23-17-51(18-24-65)15-11-34(12-16-51)48(69)57-20-21-58-49(70)39-30-45(68)64(4)46(39)35-6-5-19-56-31-35/h5-7,9,19,28,31-34,37,39,41-43,46H,8,10-18,20-27,29-30H2,1-4H3,(H,57,69)(H,58,70)(H,61,67)(H,59,60,62)/t37-,39+,41+,42-,43+,46-/m1/s1. The Labute approximate surface area is 420 Å². The maximum absolute atomic E-state index is 14.0. The molecule has 2 aliphatic carbocycles. The Balaban J connectivity index is 0.731. The van der Waals surface area contributed by atoms with Gasteiger partial charge in [-0.1, -0.05) is 6.07 Å². The van der Waals surface area contributed by atoms with Crippen molar-refractivity contribution in [2.75, 3.05) is 71.9 Å². The topological polar surface area (TPSA) is 194 Å². The zero-order valence-corrected chi connectivity index (χ0v) is 42.1. The summed E-state index contributed by atoms with van der Waals surface area (Å²) in [7, 11) is 3.80. The van der Waals surface area contributed by atoms with Gasteiger partial charge in [-0.05, 0) is 133 Å². The van der Waals surface area contributed by atoms with E-state index in [0.29, 0.717) is 57.1 Å². The Morgan fingerprint density at radius 2 is 1.68 bits per heavy atom. The molecule has 0 radical (unpaired) electrons. The average molecular weight is 1000 g/mol. The number of hydrogen-bond donors (Lipinski definition) is 4. The summed E-state index contributed by atoms with van der Waals surface area (Å²) in [6.45, 7) is 8.80. The number of piperidine rings is 1. The van der Waals surface area contributed by atoms with E-state index in [0.717, 1.165) is 82.3 Å². The molecule has 1 aromatic carbocycles. The van der Waals surface area contributed by atoms with Gasteiger partial charge in [0.05, 0.1) is 48.3 Å².